The van der Waals surface area contributed by atoms with E-state index in [2.05, 4.69) is 0 Å². The third-order valence-corrected chi connectivity index (χ3v) is 6.43. The largest absolute Gasteiger partial charge is 0.478 e. The molecule has 3 aromatic rings. The fourth-order valence-corrected chi connectivity index (χ4v) is 4.42. The summed E-state index contributed by atoms with van der Waals surface area (Å²) in [6.45, 7) is 6.68. The number of anilines is 1. The number of carbonyl (C=O) groups excluding carboxylic acids is 1. The summed E-state index contributed by atoms with van der Waals surface area (Å²) in [6.07, 6.45) is 0. The summed E-state index contributed by atoms with van der Waals surface area (Å²) in [5, 5.41) is 1.86. The highest BCUT2D eigenvalue weighted by molar-refractivity contribution is 7.23. The average Bonchev–Trinajstić information content (AvgIpc) is 3.13. The summed E-state index contributed by atoms with van der Waals surface area (Å²) >= 11 is 13.8. The molecule has 0 unspecified atom stereocenters. The Kier molecular flexibility index (Phi) is 6.92. The molecule has 1 heterocycles. The van der Waals surface area contributed by atoms with Crippen LogP contribution in [0.4, 0.5) is 5.13 Å². The zero-order valence-electron chi connectivity index (χ0n) is 17.7. The zero-order chi connectivity index (χ0) is 22.1. The van der Waals surface area contributed by atoms with Crippen LogP contribution in [0.15, 0.2) is 36.4 Å². The maximum absolute atomic E-state index is 13.6. The van der Waals surface area contributed by atoms with Gasteiger partial charge in [0.25, 0.3) is 5.91 Å². The van der Waals surface area contributed by atoms with E-state index in [-0.39, 0.29) is 5.91 Å². The molecule has 0 saturated carbocycles. The van der Waals surface area contributed by atoms with Crippen LogP contribution in [-0.4, -0.2) is 48.6 Å². The quantitative estimate of drug-likeness (QED) is 0.451. The Morgan fingerprint density at radius 1 is 1.10 bits per heavy atom. The Hall–Kier alpha value is -1.86. The number of thiazole rings is 1. The molecule has 0 fully saturated rings. The lowest BCUT2D eigenvalue weighted by molar-refractivity contribution is -0.131. The predicted octanol–water partition coefficient (Wildman–Crippen LogP) is 5.66. The van der Waals surface area contributed by atoms with Gasteiger partial charge in [-0.15, -0.1) is 0 Å². The molecule has 2 aromatic carbocycles. The van der Waals surface area contributed by atoms with Gasteiger partial charge in [-0.2, -0.15) is 0 Å². The van der Waals surface area contributed by atoms with E-state index in [0.717, 1.165) is 15.8 Å². The van der Waals surface area contributed by atoms with Crippen LogP contribution in [0.1, 0.15) is 19.4 Å². The lowest BCUT2D eigenvalue weighted by Gasteiger charge is -2.31. The molecule has 0 spiro atoms. The van der Waals surface area contributed by atoms with Crippen molar-refractivity contribution >= 4 is 55.8 Å². The van der Waals surface area contributed by atoms with Crippen LogP contribution >= 0.6 is 34.5 Å². The summed E-state index contributed by atoms with van der Waals surface area (Å²) < 4.78 is 6.92. The summed E-state index contributed by atoms with van der Waals surface area (Å²) in [5.41, 5.74) is 0.742. The van der Waals surface area contributed by atoms with E-state index in [9.17, 15) is 4.79 Å². The van der Waals surface area contributed by atoms with Crippen molar-refractivity contribution in [3.05, 3.63) is 52.0 Å². The van der Waals surface area contributed by atoms with Crippen molar-refractivity contribution in [1.29, 1.82) is 0 Å². The number of hydrogen-bond acceptors (Lipinski definition) is 5. The van der Waals surface area contributed by atoms with E-state index >= 15 is 0 Å². The molecule has 0 saturated heterocycles. The number of hydrogen-bond donors (Lipinski definition) is 0. The molecule has 0 aliphatic carbocycles. The topological polar surface area (TPSA) is 45.7 Å². The van der Waals surface area contributed by atoms with Crippen molar-refractivity contribution in [1.82, 2.24) is 9.88 Å². The second-order valence-electron chi connectivity index (χ2n) is 7.86. The van der Waals surface area contributed by atoms with Gasteiger partial charge < -0.3 is 9.64 Å². The SMILES string of the molecule is Cc1ccc(Cl)c2sc(N(CCN(C)C)C(=O)C(C)(C)Oc3ccc(Cl)cc3)nc12. The van der Waals surface area contributed by atoms with Crippen LogP contribution in [0, 0.1) is 6.92 Å². The average molecular weight is 466 g/mol. The normalized spacial score (nSPS) is 11.9. The number of fused-ring (bicyclic) bond motifs is 1. The summed E-state index contributed by atoms with van der Waals surface area (Å²) in [5.74, 6) is 0.403. The number of aromatic nitrogens is 1. The first kappa shape index (κ1) is 22.8. The molecule has 1 aromatic heterocycles. The predicted molar refractivity (Wildman–Crippen MR) is 126 cm³/mol. The molecule has 5 nitrogen and oxygen atoms in total. The highest BCUT2D eigenvalue weighted by Crippen LogP contribution is 2.36. The van der Waals surface area contributed by atoms with Crippen LogP contribution in [0.5, 0.6) is 5.75 Å². The molecule has 30 heavy (non-hydrogen) atoms. The first-order valence-electron chi connectivity index (χ1n) is 9.55. The van der Waals surface area contributed by atoms with Crippen molar-refractivity contribution in [2.24, 2.45) is 0 Å². The van der Waals surface area contributed by atoms with Crippen LogP contribution in [0.2, 0.25) is 10.0 Å². The number of benzene rings is 2. The van der Waals surface area contributed by atoms with Crippen molar-refractivity contribution < 1.29 is 9.53 Å². The van der Waals surface area contributed by atoms with Gasteiger partial charge >= 0.3 is 0 Å². The van der Waals surface area contributed by atoms with E-state index in [1.54, 1.807) is 43.0 Å². The number of halogens is 2. The number of ether oxygens (including phenoxy) is 1. The first-order valence-corrected chi connectivity index (χ1v) is 11.1. The Balaban J connectivity index is 1.96. The van der Waals surface area contributed by atoms with Gasteiger partial charge in [0, 0.05) is 18.1 Å². The molecule has 0 bridgehead atoms. The number of likely N-dealkylation sites (N-methyl/N-ethyl adjacent to an activating group) is 1. The Labute approximate surface area is 191 Å². The number of amides is 1. The van der Waals surface area contributed by atoms with Gasteiger partial charge in [-0.3, -0.25) is 9.69 Å². The zero-order valence-corrected chi connectivity index (χ0v) is 20.0. The summed E-state index contributed by atoms with van der Waals surface area (Å²) in [4.78, 5) is 22.1. The highest BCUT2D eigenvalue weighted by Gasteiger charge is 2.36. The molecule has 0 radical (unpaired) electrons. The van der Waals surface area contributed by atoms with E-state index in [1.165, 1.54) is 11.3 Å². The Morgan fingerprint density at radius 3 is 2.37 bits per heavy atom. The molecule has 160 valence electrons. The number of aryl methyl sites for hydroxylation is 1. The lowest BCUT2D eigenvalue weighted by Crippen LogP contribution is -2.50. The van der Waals surface area contributed by atoms with E-state index in [0.29, 0.717) is 34.0 Å². The second kappa shape index (κ2) is 9.10. The van der Waals surface area contributed by atoms with Gasteiger partial charge in [-0.1, -0.05) is 40.6 Å². The number of rotatable bonds is 7. The monoisotopic (exact) mass is 465 g/mol. The lowest BCUT2D eigenvalue weighted by atomic mass is 10.1. The molecule has 1 amide bonds. The smallest absolute Gasteiger partial charge is 0.272 e. The standard InChI is InChI=1S/C22H25Cl2N3O2S/c1-14-6-11-17(24)19-18(14)25-21(30-19)27(13-12-26(4)5)20(28)22(2,3)29-16-9-7-15(23)8-10-16/h6-11H,12-13H2,1-5H3. The minimum Gasteiger partial charge on any atom is -0.478 e. The molecule has 3 rings (SSSR count). The summed E-state index contributed by atoms with van der Waals surface area (Å²) in [6, 6.07) is 10.8. The highest BCUT2D eigenvalue weighted by atomic mass is 35.5. The molecule has 8 heteroatoms. The third-order valence-electron chi connectivity index (χ3n) is 4.63. The van der Waals surface area contributed by atoms with Crippen LogP contribution in [0.25, 0.3) is 10.2 Å². The van der Waals surface area contributed by atoms with Crippen molar-refractivity contribution in [2.45, 2.75) is 26.4 Å². The van der Waals surface area contributed by atoms with Crippen molar-refractivity contribution in [3.63, 3.8) is 0 Å². The molecule has 0 aliphatic rings. The second-order valence-corrected chi connectivity index (χ2v) is 9.69. The molecule has 0 N–H and O–H groups in total. The van der Waals surface area contributed by atoms with Gasteiger partial charge in [0.1, 0.15) is 5.75 Å². The Morgan fingerprint density at radius 2 is 1.77 bits per heavy atom. The molecule has 0 aliphatic heterocycles. The van der Waals surface area contributed by atoms with Crippen molar-refractivity contribution in [3.8, 4) is 5.75 Å². The van der Waals surface area contributed by atoms with Crippen LogP contribution in [0.3, 0.4) is 0 Å². The maximum Gasteiger partial charge on any atom is 0.272 e. The minimum atomic E-state index is -1.10. The summed E-state index contributed by atoms with van der Waals surface area (Å²) in [7, 11) is 3.94. The molecule has 0 atom stereocenters. The number of nitrogens with zero attached hydrogens (tertiary/aromatic N) is 3. The molecular weight excluding hydrogens is 441 g/mol. The van der Waals surface area contributed by atoms with Gasteiger partial charge in [-0.05, 0) is 70.8 Å². The molecular formula is C22H25Cl2N3O2S. The van der Waals surface area contributed by atoms with E-state index < -0.39 is 5.60 Å². The fourth-order valence-electron chi connectivity index (χ4n) is 2.96. The fraction of sp³-hybridized carbons (Fsp3) is 0.364. The van der Waals surface area contributed by atoms with Gasteiger partial charge in [0.2, 0.25) is 0 Å². The van der Waals surface area contributed by atoms with E-state index in [4.69, 9.17) is 32.9 Å². The van der Waals surface area contributed by atoms with E-state index in [1.807, 2.05) is 38.1 Å². The van der Waals surface area contributed by atoms with Crippen LogP contribution in [-0.2, 0) is 4.79 Å². The van der Waals surface area contributed by atoms with Gasteiger partial charge in [0.15, 0.2) is 10.7 Å². The van der Waals surface area contributed by atoms with Crippen molar-refractivity contribution in [2.75, 3.05) is 32.1 Å². The Bertz CT molecular complexity index is 1010. The minimum absolute atomic E-state index is 0.174. The number of carbonyl (C=O) groups is 1. The van der Waals surface area contributed by atoms with Gasteiger partial charge in [-0.25, -0.2) is 4.98 Å². The maximum atomic E-state index is 13.6. The first-order chi connectivity index (χ1) is 14.1. The van der Waals surface area contributed by atoms with Gasteiger partial charge in [0.05, 0.1) is 15.2 Å². The van der Waals surface area contributed by atoms with Crippen LogP contribution < -0.4 is 9.64 Å². The third kappa shape index (κ3) is 5.06.